The van der Waals surface area contributed by atoms with Crippen molar-refractivity contribution in [3.8, 4) is 0 Å². The summed E-state index contributed by atoms with van der Waals surface area (Å²) < 4.78 is 0. The molecule has 1 aliphatic heterocycles. The zero-order valence-corrected chi connectivity index (χ0v) is 8.14. The van der Waals surface area contributed by atoms with Crippen molar-refractivity contribution in [2.45, 2.75) is 0 Å². The van der Waals surface area contributed by atoms with Gasteiger partial charge in [-0.2, -0.15) is 5.10 Å². The largest absolute Gasteiger partial charge is 0.377 e. The van der Waals surface area contributed by atoms with Gasteiger partial charge >= 0.3 is 0 Å². The molecule has 5 nitrogen and oxygen atoms in total. The predicted octanol–water partition coefficient (Wildman–Crippen LogP) is 0.0444. The van der Waals surface area contributed by atoms with Crippen LogP contribution in [0.2, 0.25) is 0 Å². The first-order valence-electron chi connectivity index (χ1n) is 4.08. The van der Waals surface area contributed by atoms with Crippen molar-refractivity contribution in [1.82, 2.24) is 10.4 Å². The highest BCUT2D eigenvalue weighted by Gasteiger charge is 2.17. The van der Waals surface area contributed by atoms with E-state index in [1.165, 1.54) is 0 Å². The van der Waals surface area contributed by atoms with Crippen molar-refractivity contribution in [1.29, 1.82) is 0 Å². The second kappa shape index (κ2) is 3.59. The quantitative estimate of drug-likeness (QED) is 0.448. The molecule has 2 heterocycles. The molecule has 0 aliphatic carbocycles. The Balaban J connectivity index is 2.26. The summed E-state index contributed by atoms with van der Waals surface area (Å²) in [6.07, 6.45) is 1.72. The number of hydrogen-bond acceptors (Lipinski definition) is 4. The van der Waals surface area contributed by atoms with Crippen LogP contribution in [0.25, 0.3) is 0 Å². The Hall–Kier alpha value is -1.69. The molecule has 0 radical (unpaired) electrons. The first kappa shape index (κ1) is 8.89. The van der Waals surface area contributed by atoms with E-state index in [1.54, 1.807) is 6.20 Å². The van der Waals surface area contributed by atoms with Gasteiger partial charge in [-0.25, -0.2) is 0 Å². The maximum Gasteiger partial charge on any atom is 0.184 e. The average Bonchev–Trinajstić information content (AvgIpc) is 2.58. The number of rotatable bonds is 1. The number of nitrogens with two attached hydrogens (primary N) is 1. The smallest absolute Gasteiger partial charge is 0.184 e. The predicted molar refractivity (Wildman–Crippen MR) is 59.2 cm³/mol. The number of hydrogen-bond donors (Lipinski definition) is 3. The lowest BCUT2D eigenvalue weighted by molar-refractivity contribution is 1.02. The van der Waals surface area contributed by atoms with Crippen LogP contribution in [0.15, 0.2) is 23.4 Å². The minimum absolute atomic E-state index is 0.155. The molecule has 0 bridgehead atoms. The van der Waals surface area contributed by atoms with Gasteiger partial charge in [0, 0.05) is 6.20 Å². The molecule has 1 aromatic rings. The molecule has 14 heavy (non-hydrogen) atoms. The van der Waals surface area contributed by atoms with Crippen LogP contribution in [0.1, 0.15) is 5.69 Å². The summed E-state index contributed by atoms with van der Waals surface area (Å²) in [5.74, 6) is 0. The second-order valence-corrected chi connectivity index (χ2v) is 3.23. The third-order valence-electron chi connectivity index (χ3n) is 1.83. The van der Waals surface area contributed by atoms with E-state index in [0.717, 1.165) is 17.1 Å². The van der Waals surface area contributed by atoms with Crippen molar-refractivity contribution in [3.05, 3.63) is 24.0 Å². The Labute approximate surface area is 86.4 Å². The number of pyridine rings is 1. The molecule has 4 N–H and O–H groups in total. The Morgan fingerprint density at radius 3 is 3.36 bits per heavy atom. The molecule has 0 saturated heterocycles. The highest BCUT2D eigenvalue weighted by Crippen LogP contribution is 2.18. The zero-order valence-electron chi connectivity index (χ0n) is 7.32. The summed E-state index contributed by atoms with van der Waals surface area (Å²) in [6, 6.07) is 3.82. The van der Waals surface area contributed by atoms with E-state index in [2.05, 4.69) is 33.0 Å². The van der Waals surface area contributed by atoms with E-state index in [9.17, 15) is 0 Å². The zero-order chi connectivity index (χ0) is 9.97. The molecule has 0 atom stereocenters. The normalized spacial score (nSPS) is 16.1. The summed E-state index contributed by atoms with van der Waals surface area (Å²) in [5.41, 5.74) is 10.4. The number of thiocarbonyl (C=S) groups is 1. The van der Waals surface area contributed by atoms with E-state index >= 15 is 0 Å². The lowest BCUT2D eigenvalue weighted by Gasteiger charge is -1.97. The van der Waals surface area contributed by atoms with Crippen molar-refractivity contribution in [2.75, 3.05) is 11.9 Å². The molecule has 6 heteroatoms. The van der Waals surface area contributed by atoms with E-state index in [-0.39, 0.29) is 5.11 Å². The Bertz CT molecular complexity index is 400. The Morgan fingerprint density at radius 2 is 2.57 bits per heavy atom. The van der Waals surface area contributed by atoms with Crippen LogP contribution >= 0.6 is 12.2 Å². The monoisotopic (exact) mass is 207 g/mol. The van der Waals surface area contributed by atoms with Crippen LogP contribution in [0.5, 0.6) is 0 Å². The van der Waals surface area contributed by atoms with Gasteiger partial charge in [0.05, 0.1) is 12.2 Å². The molecule has 1 aromatic heterocycles. The fourth-order valence-corrected chi connectivity index (χ4v) is 1.30. The molecule has 0 amide bonds. The Kier molecular flexibility index (Phi) is 2.28. The minimum Gasteiger partial charge on any atom is -0.377 e. The number of fused-ring (bicyclic) bond motifs is 1. The van der Waals surface area contributed by atoms with Gasteiger partial charge in [-0.05, 0) is 24.4 Å². The van der Waals surface area contributed by atoms with Crippen molar-refractivity contribution >= 4 is 28.7 Å². The summed E-state index contributed by atoms with van der Waals surface area (Å²) in [5, 5.41) is 7.35. The van der Waals surface area contributed by atoms with Crippen molar-refractivity contribution < 1.29 is 0 Å². The van der Waals surface area contributed by atoms with E-state index in [0.29, 0.717) is 6.54 Å². The third kappa shape index (κ3) is 1.64. The fourth-order valence-electron chi connectivity index (χ4n) is 1.26. The van der Waals surface area contributed by atoms with Crippen molar-refractivity contribution in [2.24, 2.45) is 10.8 Å². The SMILES string of the molecule is NC(=S)N/N=C1/CNc2cccnc21. The van der Waals surface area contributed by atoms with Gasteiger partial charge in [0.25, 0.3) is 0 Å². The van der Waals surface area contributed by atoms with E-state index in [4.69, 9.17) is 5.73 Å². The number of nitrogens with zero attached hydrogens (tertiary/aromatic N) is 2. The van der Waals surface area contributed by atoms with Crippen LogP contribution in [0.4, 0.5) is 5.69 Å². The highest BCUT2D eigenvalue weighted by molar-refractivity contribution is 7.80. The first-order chi connectivity index (χ1) is 6.77. The fraction of sp³-hybridized carbons (Fsp3) is 0.125. The summed E-state index contributed by atoms with van der Waals surface area (Å²) >= 11 is 4.65. The van der Waals surface area contributed by atoms with Gasteiger partial charge in [0.2, 0.25) is 0 Å². The van der Waals surface area contributed by atoms with Crippen LogP contribution in [-0.4, -0.2) is 22.4 Å². The van der Waals surface area contributed by atoms with Gasteiger partial charge in [-0.1, -0.05) is 0 Å². The number of aromatic nitrogens is 1. The van der Waals surface area contributed by atoms with E-state index in [1.807, 2.05) is 12.1 Å². The van der Waals surface area contributed by atoms with Gasteiger partial charge < -0.3 is 11.1 Å². The lowest BCUT2D eigenvalue weighted by Crippen LogP contribution is -2.26. The molecule has 1 aliphatic rings. The molecule has 0 aromatic carbocycles. The van der Waals surface area contributed by atoms with Crippen LogP contribution in [0.3, 0.4) is 0 Å². The van der Waals surface area contributed by atoms with Crippen molar-refractivity contribution in [3.63, 3.8) is 0 Å². The molecule has 0 spiro atoms. The molecule has 2 rings (SSSR count). The number of nitrogens with one attached hydrogen (secondary N) is 2. The topological polar surface area (TPSA) is 75.3 Å². The van der Waals surface area contributed by atoms with Gasteiger partial charge in [-0.3, -0.25) is 10.4 Å². The second-order valence-electron chi connectivity index (χ2n) is 2.79. The van der Waals surface area contributed by atoms with Gasteiger partial charge in [0.1, 0.15) is 11.4 Å². The number of hydrazone groups is 1. The molecule has 72 valence electrons. The molecular formula is C8H9N5S. The van der Waals surface area contributed by atoms with E-state index < -0.39 is 0 Å². The first-order valence-corrected chi connectivity index (χ1v) is 4.49. The summed E-state index contributed by atoms with van der Waals surface area (Å²) in [6.45, 7) is 0.641. The van der Waals surface area contributed by atoms with Crippen LogP contribution in [-0.2, 0) is 0 Å². The lowest BCUT2D eigenvalue weighted by atomic mass is 10.3. The molecule has 0 unspecified atom stereocenters. The summed E-state index contributed by atoms with van der Waals surface area (Å²) in [4.78, 5) is 4.20. The maximum absolute atomic E-state index is 5.26. The average molecular weight is 207 g/mol. The summed E-state index contributed by atoms with van der Waals surface area (Å²) in [7, 11) is 0. The Morgan fingerprint density at radius 1 is 1.71 bits per heavy atom. The van der Waals surface area contributed by atoms with Gasteiger partial charge in [0.15, 0.2) is 5.11 Å². The molecular weight excluding hydrogens is 198 g/mol. The molecule has 0 saturated carbocycles. The molecule has 0 fully saturated rings. The minimum atomic E-state index is 0.155. The van der Waals surface area contributed by atoms with Crippen LogP contribution in [0, 0.1) is 0 Å². The highest BCUT2D eigenvalue weighted by atomic mass is 32.1. The third-order valence-corrected chi connectivity index (χ3v) is 1.92. The number of anilines is 1. The van der Waals surface area contributed by atoms with Gasteiger partial charge in [-0.15, -0.1) is 0 Å². The maximum atomic E-state index is 5.26. The van der Waals surface area contributed by atoms with Crippen LogP contribution < -0.4 is 16.5 Å². The standard InChI is InChI=1S/C8H9N5S/c9-8(14)13-12-6-4-11-5-2-1-3-10-7(5)6/h1-3,11H,4H2,(H3,9,13,14)/b12-6-.